The van der Waals surface area contributed by atoms with Crippen molar-refractivity contribution in [2.45, 2.75) is 392 Å². The summed E-state index contributed by atoms with van der Waals surface area (Å²) in [6.45, 7) is 4.97. The zero-order chi connectivity index (χ0) is 52.9. The minimum atomic E-state index is -0.666. The molecule has 2 unspecified atom stereocenters. The number of hydrogen-bond donors (Lipinski definition) is 3. The van der Waals surface area contributed by atoms with E-state index in [0.29, 0.717) is 25.9 Å². The van der Waals surface area contributed by atoms with Crippen LogP contribution in [0, 0.1) is 0 Å². The lowest BCUT2D eigenvalue weighted by Gasteiger charge is -2.22. The summed E-state index contributed by atoms with van der Waals surface area (Å²) in [5.41, 5.74) is 0. The first-order valence-corrected chi connectivity index (χ1v) is 33.4. The smallest absolute Gasteiger partial charge is 0.305 e. The zero-order valence-electron chi connectivity index (χ0n) is 49.6. The Kier molecular flexibility index (Phi) is 61.9. The second-order valence-corrected chi connectivity index (χ2v) is 23.2. The summed E-state index contributed by atoms with van der Waals surface area (Å²) in [5, 5.41) is 23.4. The molecule has 0 aliphatic heterocycles. The SMILES string of the molecule is CCCCCC/C=C\CCCCCCCC(=O)OCCCCCCCCCCCCCCCCCCCCCCC(=O)NC(CO)C(O)CCCCCCCCCCCCCCCCCCCCCCCCC. The van der Waals surface area contributed by atoms with E-state index in [4.69, 9.17) is 4.74 Å². The highest BCUT2D eigenvalue weighted by molar-refractivity contribution is 5.76. The van der Waals surface area contributed by atoms with Crippen LogP contribution < -0.4 is 5.32 Å². The fraction of sp³-hybridized carbons (Fsp3) is 0.940. The van der Waals surface area contributed by atoms with Crippen LogP contribution in [0.5, 0.6) is 0 Å². The molecule has 0 saturated heterocycles. The van der Waals surface area contributed by atoms with E-state index < -0.39 is 12.1 Å². The molecule has 6 nitrogen and oxygen atoms in total. The van der Waals surface area contributed by atoms with Gasteiger partial charge in [0.1, 0.15) is 0 Å². The van der Waals surface area contributed by atoms with Crippen molar-refractivity contribution in [2.75, 3.05) is 13.2 Å². The van der Waals surface area contributed by atoms with Gasteiger partial charge in [0.05, 0.1) is 25.4 Å². The molecular formula is C67H131NO5. The van der Waals surface area contributed by atoms with E-state index in [9.17, 15) is 19.8 Å². The Bertz CT molecular complexity index is 1100. The molecule has 73 heavy (non-hydrogen) atoms. The average molecular weight is 1030 g/mol. The summed E-state index contributed by atoms with van der Waals surface area (Å²) in [5.74, 6) is -0.0297. The summed E-state index contributed by atoms with van der Waals surface area (Å²) in [4.78, 5) is 24.6. The van der Waals surface area contributed by atoms with E-state index in [1.165, 1.54) is 302 Å². The Morgan fingerprint density at radius 3 is 0.986 bits per heavy atom. The molecule has 0 spiro atoms. The Labute approximate surface area is 457 Å². The lowest BCUT2D eigenvalue weighted by molar-refractivity contribution is -0.143. The average Bonchev–Trinajstić information content (AvgIpc) is 3.39. The molecular weight excluding hydrogens is 899 g/mol. The Balaban J connectivity index is 3.39. The highest BCUT2D eigenvalue weighted by atomic mass is 16.5. The fourth-order valence-corrected chi connectivity index (χ4v) is 10.7. The van der Waals surface area contributed by atoms with Gasteiger partial charge >= 0.3 is 5.97 Å². The number of rotatable bonds is 63. The highest BCUT2D eigenvalue weighted by Gasteiger charge is 2.20. The van der Waals surface area contributed by atoms with Crippen LogP contribution in [-0.4, -0.2) is 47.4 Å². The quantitative estimate of drug-likeness (QED) is 0.0320. The van der Waals surface area contributed by atoms with Crippen LogP contribution >= 0.6 is 0 Å². The van der Waals surface area contributed by atoms with Gasteiger partial charge in [-0.3, -0.25) is 9.59 Å². The van der Waals surface area contributed by atoms with E-state index in [2.05, 4.69) is 31.3 Å². The molecule has 0 aromatic carbocycles. The predicted molar refractivity (Wildman–Crippen MR) is 320 cm³/mol. The Morgan fingerprint density at radius 1 is 0.370 bits per heavy atom. The zero-order valence-corrected chi connectivity index (χ0v) is 49.6. The maximum Gasteiger partial charge on any atom is 0.305 e. The van der Waals surface area contributed by atoms with E-state index >= 15 is 0 Å². The second-order valence-electron chi connectivity index (χ2n) is 23.2. The summed E-state index contributed by atoms with van der Waals surface area (Å²) in [7, 11) is 0. The molecule has 0 aliphatic rings. The number of aliphatic hydroxyl groups is 2. The molecule has 6 heteroatoms. The van der Waals surface area contributed by atoms with E-state index in [1.54, 1.807) is 0 Å². The van der Waals surface area contributed by atoms with Gasteiger partial charge in [-0.1, -0.05) is 328 Å². The van der Waals surface area contributed by atoms with Gasteiger partial charge in [0, 0.05) is 12.8 Å². The van der Waals surface area contributed by atoms with Crippen LogP contribution in [0.3, 0.4) is 0 Å². The molecule has 434 valence electrons. The largest absolute Gasteiger partial charge is 0.466 e. The maximum absolute atomic E-state index is 12.5. The van der Waals surface area contributed by atoms with Crippen LogP contribution in [0.4, 0.5) is 0 Å². The molecule has 0 radical (unpaired) electrons. The van der Waals surface area contributed by atoms with Gasteiger partial charge in [-0.15, -0.1) is 0 Å². The van der Waals surface area contributed by atoms with Crippen molar-refractivity contribution in [2.24, 2.45) is 0 Å². The number of esters is 1. The number of amides is 1. The van der Waals surface area contributed by atoms with E-state index in [1.807, 2.05) is 0 Å². The summed E-state index contributed by atoms with van der Waals surface area (Å²) >= 11 is 0. The third-order valence-corrected chi connectivity index (χ3v) is 15.8. The van der Waals surface area contributed by atoms with Crippen molar-refractivity contribution >= 4 is 11.9 Å². The molecule has 3 N–H and O–H groups in total. The minimum Gasteiger partial charge on any atom is -0.466 e. The Hall–Kier alpha value is -1.40. The molecule has 0 saturated carbocycles. The summed E-state index contributed by atoms with van der Waals surface area (Å²) in [6.07, 6.45) is 76.6. The number of nitrogens with one attached hydrogen (secondary N) is 1. The molecule has 0 aromatic rings. The van der Waals surface area contributed by atoms with Crippen molar-refractivity contribution < 1.29 is 24.5 Å². The number of hydrogen-bond acceptors (Lipinski definition) is 5. The fourth-order valence-electron chi connectivity index (χ4n) is 10.7. The van der Waals surface area contributed by atoms with Crippen molar-refractivity contribution in [3.05, 3.63) is 12.2 Å². The monoisotopic (exact) mass is 1030 g/mol. The van der Waals surface area contributed by atoms with Gasteiger partial charge in [0.25, 0.3) is 0 Å². The molecule has 0 fully saturated rings. The molecule has 0 heterocycles. The number of allylic oxidation sites excluding steroid dienone is 2. The molecule has 2 atom stereocenters. The van der Waals surface area contributed by atoms with Gasteiger partial charge in [-0.25, -0.2) is 0 Å². The van der Waals surface area contributed by atoms with Crippen molar-refractivity contribution in [1.29, 1.82) is 0 Å². The van der Waals surface area contributed by atoms with E-state index in [-0.39, 0.29) is 18.5 Å². The van der Waals surface area contributed by atoms with Crippen LogP contribution in [0.1, 0.15) is 380 Å². The number of carbonyl (C=O) groups is 2. The van der Waals surface area contributed by atoms with Gasteiger partial charge in [0.15, 0.2) is 0 Å². The maximum atomic E-state index is 12.5. The molecule has 0 rings (SSSR count). The van der Waals surface area contributed by atoms with Crippen LogP contribution in [0.25, 0.3) is 0 Å². The van der Waals surface area contributed by atoms with Crippen molar-refractivity contribution in [3.8, 4) is 0 Å². The highest BCUT2D eigenvalue weighted by Crippen LogP contribution is 2.19. The first-order chi connectivity index (χ1) is 36.0. The molecule has 0 aliphatic carbocycles. The predicted octanol–water partition coefficient (Wildman–Crippen LogP) is 21.2. The summed E-state index contributed by atoms with van der Waals surface area (Å²) in [6, 6.07) is -0.544. The normalized spacial score (nSPS) is 12.5. The lowest BCUT2D eigenvalue weighted by Crippen LogP contribution is -2.45. The first-order valence-electron chi connectivity index (χ1n) is 33.4. The third kappa shape index (κ3) is 59.7. The van der Waals surface area contributed by atoms with Gasteiger partial charge in [-0.05, 0) is 51.4 Å². The van der Waals surface area contributed by atoms with E-state index in [0.717, 1.165) is 44.9 Å². The van der Waals surface area contributed by atoms with Crippen LogP contribution in [0.2, 0.25) is 0 Å². The van der Waals surface area contributed by atoms with Crippen molar-refractivity contribution in [3.63, 3.8) is 0 Å². The van der Waals surface area contributed by atoms with Crippen LogP contribution in [0.15, 0.2) is 12.2 Å². The standard InChI is InChI=1S/C67H131NO5/c1-3-5-7-9-11-13-15-17-18-19-20-21-22-23-26-29-32-36-39-43-47-51-55-59-65(70)64(63-69)68-66(71)60-56-52-48-44-40-37-33-30-27-24-25-28-31-34-38-42-46-50-54-58-62-73-67(72)61-57-53-49-45-41-35-16-14-12-10-8-6-4-2/h14,16,64-65,69-70H,3-13,15,17-63H2,1-2H3,(H,68,71)/b16-14-. The van der Waals surface area contributed by atoms with Gasteiger partial charge in [-0.2, -0.15) is 0 Å². The molecule has 1 amide bonds. The molecule has 0 bridgehead atoms. The van der Waals surface area contributed by atoms with Gasteiger partial charge < -0.3 is 20.3 Å². The number of ether oxygens (including phenoxy) is 1. The topological polar surface area (TPSA) is 95.9 Å². The van der Waals surface area contributed by atoms with Crippen molar-refractivity contribution in [1.82, 2.24) is 5.32 Å². The molecule has 0 aromatic heterocycles. The summed E-state index contributed by atoms with van der Waals surface area (Å²) < 4.78 is 5.48. The second kappa shape index (κ2) is 63.1. The first kappa shape index (κ1) is 71.6. The third-order valence-electron chi connectivity index (χ3n) is 15.8. The Morgan fingerprint density at radius 2 is 0.644 bits per heavy atom. The number of carbonyl (C=O) groups excluding carboxylic acids is 2. The lowest BCUT2D eigenvalue weighted by atomic mass is 10.0. The van der Waals surface area contributed by atoms with Crippen LogP contribution in [-0.2, 0) is 14.3 Å². The number of aliphatic hydroxyl groups excluding tert-OH is 2. The van der Waals surface area contributed by atoms with Gasteiger partial charge in [0.2, 0.25) is 5.91 Å². The minimum absolute atomic E-state index is 0.00251. The number of unbranched alkanes of at least 4 members (excludes halogenated alkanes) is 50.